The molecule has 0 aliphatic heterocycles. The molecule has 0 bridgehead atoms. The first-order valence-electron chi connectivity index (χ1n) is 5.79. The zero-order valence-corrected chi connectivity index (χ0v) is 12.0. The van der Waals surface area contributed by atoms with Gasteiger partial charge in [-0.15, -0.1) is 0 Å². The van der Waals surface area contributed by atoms with Gasteiger partial charge in [0.25, 0.3) is 0 Å². The van der Waals surface area contributed by atoms with Gasteiger partial charge in [0, 0.05) is 5.56 Å². The maximum atomic E-state index is 12.0. The maximum Gasteiger partial charge on any atom is 0.325 e. The standard InChI is InChI=1S/C13H16N2O4S/c1-10(13(16)19-2)20(17,18)15-12-8-4-3-6-11(12)7-5-9-14/h3-4,6,8,10,15H,9,14H2,1-2H3. The summed E-state index contributed by atoms with van der Waals surface area (Å²) in [6.45, 7) is 1.42. The molecule has 0 spiro atoms. The van der Waals surface area contributed by atoms with Crippen molar-refractivity contribution in [3.05, 3.63) is 29.8 Å². The summed E-state index contributed by atoms with van der Waals surface area (Å²) in [6.07, 6.45) is 0. The molecule has 1 rings (SSSR count). The van der Waals surface area contributed by atoms with Crippen LogP contribution in [0, 0.1) is 11.8 Å². The van der Waals surface area contributed by atoms with E-state index in [1.165, 1.54) is 6.92 Å². The van der Waals surface area contributed by atoms with E-state index in [1.54, 1.807) is 24.3 Å². The molecule has 7 heteroatoms. The number of rotatable bonds is 4. The summed E-state index contributed by atoms with van der Waals surface area (Å²) in [5.74, 6) is 4.57. The van der Waals surface area contributed by atoms with Gasteiger partial charge in [0.1, 0.15) is 0 Å². The molecule has 3 N–H and O–H groups in total. The number of nitrogens with one attached hydrogen (secondary N) is 1. The van der Waals surface area contributed by atoms with Crippen molar-refractivity contribution in [2.45, 2.75) is 12.2 Å². The fraction of sp³-hybridized carbons (Fsp3) is 0.308. The highest BCUT2D eigenvalue weighted by Crippen LogP contribution is 2.17. The van der Waals surface area contributed by atoms with E-state index >= 15 is 0 Å². The number of benzene rings is 1. The number of para-hydroxylation sites is 1. The summed E-state index contributed by atoms with van der Waals surface area (Å²) < 4.78 is 30.9. The molecule has 1 aromatic carbocycles. The number of hydrogen-bond donors (Lipinski definition) is 2. The van der Waals surface area contributed by atoms with Gasteiger partial charge >= 0.3 is 5.97 Å². The molecule has 6 nitrogen and oxygen atoms in total. The van der Waals surface area contributed by atoms with Gasteiger partial charge in [0.2, 0.25) is 10.0 Å². The van der Waals surface area contributed by atoms with Gasteiger partial charge in [0.15, 0.2) is 5.25 Å². The molecule has 20 heavy (non-hydrogen) atoms. The van der Waals surface area contributed by atoms with Crippen LogP contribution in [0.1, 0.15) is 12.5 Å². The van der Waals surface area contributed by atoms with Gasteiger partial charge in [-0.2, -0.15) is 0 Å². The molecule has 1 atom stereocenters. The summed E-state index contributed by atoms with van der Waals surface area (Å²) in [4.78, 5) is 11.3. The minimum atomic E-state index is -3.90. The van der Waals surface area contributed by atoms with Crippen LogP contribution in [0.3, 0.4) is 0 Å². The highest BCUT2D eigenvalue weighted by Gasteiger charge is 2.29. The van der Waals surface area contributed by atoms with Crippen LogP contribution in [-0.2, 0) is 19.6 Å². The van der Waals surface area contributed by atoms with Gasteiger partial charge < -0.3 is 10.5 Å². The largest absolute Gasteiger partial charge is 0.468 e. The fourth-order valence-electron chi connectivity index (χ4n) is 1.36. The predicted molar refractivity (Wildman–Crippen MR) is 76.4 cm³/mol. The van der Waals surface area contributed by atoms with Crippen LogP contribution in [0.25, 0.3) is 0 Å². The van der Waals surface area contributed by atoms with E-state index in [9.17, 15) is 13.2 Å². The number of nitrogens with two attached hydrogens (primary N) is 1. The first-order valence-corrected chi connectivity index (χ1v) is 7.34. The fourth-order valence-corrected chi connectivity index (χ4v) is 2.37. The number of anilines is 1. The molecule has 0 aromatic heterocycles. The highest BCUT2D eigenvalue weighted by atomic mass is 32.2. The van der Waals surface area contributed by atoms with Crippen LogP contribution >= 0.6 is 0 Å². The number of esters is 1. The van der Waals surface area contributed by atoms with Gasteiger partial charge in [-0.1, -0.05) is 24.0 Å². The van der Waals surface area contributed by atoms with Crippen LogP contribution in [0.15, 0.2) is 24.3 Å². The lowest BCUT2D eigenvalue weighted by Gasteiger charge is -2.13. The Morgan fingerprint density at radius 3 is 2.70 bits per heavy atom. The number of methoxy groups -OCH3 is 1. The molecular weight excluding hydrogens is 280 g/mol. The van der Waals surface area contributed by atoms with Gasteiger partial charge in [-0.05, 0) is 19.1 Å². The van der Waals surface area contributed by atoms with Crippen molar-refractivity contribution in [2.24, 2.45) is 5.73 Å². The minimum Gasteiger partial charge on any atom is -0.468 e. The molecular formula is C13H16N2O4S. The second-order valence-corrected chi connectivity index (χ2v) is 5.87. The minimum absolute atomic E-state index is 0.166. The van der Waals surface area contributed by atoms with E-state index in [1.807, 2.05) is 0 Å². The molecule has 108 valence electrons. The number of hydrogen-bond acceptors (Lipinski definition) is 5. The number of carbonyl (C=O) groups excluding carboxylic acids is 1. The summed E-state index contributed by atoms with van der Waals surface area (Å²) >= 11 is 0. The van der Waals surface area contributed by atoms with E-state index in [4.69, 9.17) is 5.73 Å². The van der Waals surface area contributed by atoms with Crippen molar-refractivity contribution in [1.82, 2.24) is 0 Å². The predicted octanol–water partition coefficient (Wildman–Crippen LogP) is 0.300. The normalized spacial score (nSPS) is 11.9. The number of ether oxygens (including phenoxy) is 1. The Labute approximate surface area is 118 Å². The zero-order valence-electron chi connectivity index (χ0n) is 11.2. The SMILES string of the molecule is COC(=O)C(C)S(=O)(=O)Nc1ccccc1C#CCN. The van der Waals surface area contributed by atoms with E-state index < -0.39 is 21.2 Å². The van der Waals surface area contributed by atoms with Crippen LogP contribution in [0.2, 0.25) is 0 Å². The smallest absolute Gasteiger partial charge is 0.325 e. The summed E-state index contributed by atoms with van der Waals surface area (Å²) in [7, 11) is -2.76. The van der Waals surface area contributed by atoms with Crippen LogP contribution in [0.4, 0.5) is 5.69 Å². The Hall–Kier alpha value is -2.04. The quantitative estimate of drug-likeness (QED) is 0.615. The van der Waals surface area contributed by atoms with Gasteiger partial charge in [-0.3, -0.25) is 9.52 Å². The van der Waals surface area contributed by atoms with Crippen LogP contribution < -0.4 is 10.5 Å². The average Bonchev–Trinajstić information content (AvgIpc) is 2.44. The van der Waals surface area contributed by atoms with Crippen molar-refractivity contribution in [2.75, 3.05) is 18.4 Å². The molecule has 0 aliphatic rings. The first kappa shape index (κ1) is 16.0. The van der Waals surface area contributed by atoms with E-state index in [0.29, 0.717) is 11.3 Å². The highest BCUT2D eigenvalue weighted by molar-refractivity contribution is 7.94. The number of carbonyl (C=O) groups is 1. The van der Waals surface area contributed by atoms with E-state index in [0.717, 1.165) is 7.11 Å². The van der Waals surface area contributed by atoms with Gasteiger partial charge in [-0.25, -0.2) is 8.42 Å². The van der Waals surface area contributed by atoms with Crippen molar-refractivity contribution in [3.8, 4) is 11.8 Å². The average molecular weight is 296 g/mol. The van der Waals surface area contributed by atoms with Crippen molar-refractivity contribution in [3.63, 3.8) is 0 Å². The Balaban J connectivity index is 3.07. The van der Waals surface area contributed by atoms with Crippen LogP contribution in [-0.4, -0.2) is 33.3 Å². The van der Waals surface area contributed by atoms with Crippen molar-refractivity contribution in [1.29, 1.82) is 0 Å². The lowest BCUT2D eigenvalue weighted by molar-refractivity contribution is -0.139. The molecule has 1 unspecified atom stereocenters. The molecule has 1 aromatic rings. The monoisotopic (exact) mass is 296 g/mol. The van der Waals surface area contributed by atoms with E-state index in [-0.39, 0.29) is 6.54 Å². The van der Waals surface area contributed by atoms with Crippen LogP contribution in [0.5, 0.6) is 0 Å². The molecule has 0 heterocycles. The Morgan fingerprint density at radius 1 is 1.45 bits per heavy atom. The molecule has 0 aliphatic carbocycles. The summed E-state index contributed by atoms with van der Waals surface area (Å²) in [5, 5.41) is -1.32. The summed E-state index contributed by atoms with van der Waals surface area (Å²) in [6, 6.07) is 6.60. The van der Waals surface area contributed by atoms with Crippen molar-refractivity contribution >= 4 is 21.7 Å². The molecule has 0 saturated heterocycles. The molecule has 0 saturated carbocycles. The summed E-state index contributed by atoms with van der Waals surface area (Å²) in [5.41, 5.74) is 6.07. The topological polar surface area (TPSA) is 98.5 Å². The number of sulfonamides is 1. The maximum absolute atomic E-state index is 12.0. The second-order valence-electron chi connectivity index (χ2n) is 3.86. The lowest BCUT2D eigenvalue weighted by atomic mass is 10.2. The Morgan fingerprint density at radius 2 is 2.10 bits per heavy atom. The van der Waals surface area contributed by atoms with Crippen molar-refractivity contribution < 1.29 is 17.9 Å². The third-order valence-corrected chi connectivity index (χ3v) is 4.13. The zero-order chi connectivity index (χ0) is 15.2. The first-order chi connectivity index (χ1) is 9.42. The third-order valence-electron chi connectivity index (χ3n) is 2.50. The van der Waals surface area contributed by atoms with Gasteiger partial charge in [0.05, 0.1) is 19.3 Å². The lowest BCUT2D eigenvalue weighted by Crippen LogP contribution is -2.33. The molecule has 0 fully saturated rings. The Kier molecular flexibility index (Phi) is 5.55. The molecule has 0 radical (unpaired) electrons. The Bertz CT molecular complexity index is 644. The third kappa shape index (κ3) is 3.98. The second kappa shape index (κ2) is 6.93. The van der Waals surface area contributed by atoms with E-state index in [2.05, 4.69) is 21.3 Å². The molecule has 0 amide bonds.